The lowest BCUT2D eigenvalue weighted by molar-refractivity contribution is 0.467. The highest BCUT2D eigenvalue weighted by Crippen LogP contribution is 2.18. The Morgan fingerprint density at radius 1 is 1.15 bits per heavy atom. The first kappa shape index (κ1) is 15.2. The lowest BCUT2D eigenvalue weighted by Gasteiger charge is -2.16. The Morgan fingerprint density at radius 2 is 1.85 bits per heavy atom. The summed E-state index contributed by atoms with van der Waals surface area (Å²) in [7, 11) is -1.84. The summed E-state index contributed by atoms with van der Waals surface area (Å²) in [5, 5.41) is 3.90. The van der Waals surface area contributed by atoms with Gasteiger partial charge in [0.2, 0.25) is 10.0 Å². The average molecular weight is 310 g/mol. The van der Waals surface area contributed by atoms with E-state index in [1.54, 1.807) is 30.5 Å². The van der Waals surface area contributed by atoms with Crippen molar-refractivity contribution >= 4 is 21.4 Å². The molecule has 0 saturated carbocycles. The van der Waals surface area contributed by atoms with E-state index in [0.717, 1.165) is 17.5 Å². The highest BCUT2D eigenvalue weighted by Gasteiger charge is 2.20. The first-order valence-corrected chi connectivity index (χ1v) is 8.69. The van der Waals surface area contributed by atoms with E-state index in [2.05, 4.69) is 0 Å². The average Bonchev–Trinajstić information content (AvgIpc) is 2.92. The number of benzene rings is 1. The SMILES string of the molecule is CN(Cc1ccsc1)S(=O)(=O)c1ccc(CCN)cc1. The molecule has 0 aliphatic carbocycles. The van der Waals surface area contributed by atoms with E-state index in [0.29, 0.717) is 18.0 Å². The minimum Gasteiger partial charge on any atom is -0.330 e. The van der Waals surface area contributed by atoms with Gasteiger partial charge in [0, 0.05) is 13.6 Å². The molecule has 0 atom stereocenters. The molecule has 108 valence electrons. The molecule has 0 amide bonds. The minimum atomic E-state index is -3.44. The van der Waals surface area contributed by atoms with Gasteiger partial charge in [0.05, 0.1) is 4.90 Å². The van der Waals surface area contributed by atoms with Crippen LogP contribution in [0.15, 0.2) is 46.0 Å². The van der Waals surface area contributed by atoms with Crippen molar-refractivity contribution in [1.29, 1.82) is 0 Å². The molecule has 0 fully saturated rings. The zero-order valence-electron chi connectivity index (χ0n) is 11.3. The largest absolute Gasteiger partial charge is 0.330 e. The molecule has 6 heteroatoms. The highest BCUT2D eigenvalue weighted by molar-refractivity contribution is 7.89. The predicted molar refractivity (Wildman–Crippen MR) is 82.2 cm³/mol. The van der Waals surface area contributed by atoms with Crippen molar-refractivity contribution in [2.45, 2.75) is 17.9 Å². The van der Waals surface area contributed by atoms with Crippen LogP contribution in [0.2, 0.25) is 0 Å². The van der Waals surface area contributed by atoms with Crippen molar-refractivity contribution in [3.8, 4) is 0 Å². The second-order valence-electron chi connectivity index (χ2n) is 4.58. The van der Waals surface area contributed by atoms with Gasteiger partial charge in [-0.3, -0.25) is 0 Å². The van der Waals surface area contributed by atoms with Crippen LogP contribution in [0.5, 0.6) is 0 Å². The number of hydrogen-bond donors (Lipinski definition) is 1. The molecule has 4 nitrogen and oxygen atoms in total. The molecule has 0 aliphatic rings. The number of nitrogens with zero attached hydrogens (tertiary/aromatic N) is 1. The van der Waals surface area contributed by atoms with E-state index >= 15 is 0 Å². The Labute approximate surface area is 123 Å². The zero-order valence-corrected chi connectivity index (χ0v) is 13.0. The van der Waals surface area contributed by atoms with Crippen molar-refractivity contribution < 1.29 is 8.42 Å². The Morgan fingerprint density at radius 3 is 2.40 bits per heavy atom. The molecule has 1 aromatic carbocycles. The summed E-state index contributed by atoms with van der Waals surface area (Å²) in [4.78, 5) is 0.316. The summed E-state index contributed by atoms with van der Waals surface area (Å²) in [6.07, 6.45) is 0.755. The van der Waals surface area contributed by atoms with E-state index in [1.807, 2.05) is 29.0 Å². The summed E-state index contributed by atoms with van der Waals surface area (Å²) in [6, 6.07) is 8.85. The standard InChI is InChI=1S/C14H18N2O2S2/c1-16(10-13-7-9-19-11-13)20(17,18)14-4-2-12(3-5-14)6-8-15/h2-5,7,9,11H,6,8,10,15H2,1H3. The number of sulfonamides is 1. The fraction of sp³-hybridized carbons (Fsp3) is 0.286. The van der Waals surface area contributed by atoms with Gasteiger partial charge in [0.1, 0.15) is 0 Å². The summed E-state index contributed by atoms with van der Waals surface area (Å²) < 4.78 is 26.2. The number of thiophene rings is 1. The quantitative estimate of drug-likeness (QED) is 0.888. The smallest absolute Gasteiger partial charge is 0.243 e. The molecular formula is C14H18N2O2S2. The third-order valence-corrected chi connectivity index (χ3v) is 5.60. The van der Waals surface area contributed by atoms with E-state index in [-0.39, 0.29) is 0 Å². The number of rotatable bonds is 6. The van der Waals surface area contributed by atoms with Gasteiger partial charge < -0.3 is 5.73 Å². The maximum atomic E-state index is 12.4. The molecular weight excluding hydrogens is 292 g/mol. The number of hydrogen-bond acceptors (Lipinski definition) is 4. The van der Waals surface area contributed by atoms with Crippen molar-refractivity contribution in [2.24, 2.45) is 5.73 Å². The Kier molecular flexibility index (Phi) is 4.93. The lowest BCUT2D eigenvalue weighted by Crippen LogP contribution is -2.26. The van der Waals surface area contributed by atoms with Crippen LogP contribution in [0.3, 0.4) is 0 Å². The fourth-order valence-corrected chi connectivity index (χ4v) is 3.72. The first-order valence-electron chi connectivity index (χ1n) is 6.30. The van der Waals surface area contributed by atoms with Crippen molar-refractivity contribution in [3.05, 3.63) is 52.2 Å². The second-order valence-corrected chi connectivity index (χ2v) is 7.40. The highest BCUT2D eigenvalue weighted by atomic mass is 32.2. The molecule has 2 aromatic rings. The lowest BCUT2D eigenvalue weighted by atomic mass is 10.2. The second kappa shape index (κ2) is 6.49. The molecule has 2 N–H and O–H groups in total. The van der Waals surface area contributed by atoms with Gasteiger partial charge in [-0.25, -0.2) is 8.42 Å². The minimum absolute atomic E-state index is 0.316. The summed E-state index contributed by atoms with van der Waals surface area (Å²) in [6.45, 7) is 0.945. The molecule has 0 spiro atoms. The topological polar surface area (TPSA) is 63.4 Å². The van der Waals surface area contributed by atoms with E-state index in [1.165, 1.54) is 4.31 Å². The predicted octanol–water partition coefficient (Wildman–Crippen LogP) is 2.07. The molecule has 20 heavy (non-hydrogen) atoms. The molecule has 0 saturated heterocycles. The Balaban J connectivity index is 2.16. The maximum Gasteiger partial charge on any atom is 0.243 e. The third kappa shape index (κ3) is 3.46. The summed E-state index contributed by atoms with van der Waals surface area (Å²) in [5.74, 6) is 0. The van der Waals surface area contributed by atoms with Crippen LogP contribution in [0, 0.1) is 0 Å². The molecule has 1 heterocycles. The zero-order chi connectivity index (χ0) is 14.6. The van der Waals surface area contributed by atoms with E-state index in [4.69, 9.17) is 5.73 Å². The van der Waals surface area contributed by atoms with Gasteiger partial charge in [-0.1, -0.05) is 12.1 Å². The molecule has 0 aliphatic heterocycles. The van der Waals surface area contributed by atoms with Crippen LogP contribution in [0.1, 0.15) is 11.1 Å². The van der Waals surface area contributed by atoms with E-state index in [9.17, 15) is 8.42 Å². The van der Waals surface area contributed by atoms with Gasteiger partial charge in [-0.15, -0.1) is 0 Å². The molecule has 2 rings (SSSR count). The van der Waals surface area contributed by atoms with Crippen LogP contribution in [-0.4, -0.2) is 26.3 Å². The normalized spacial score (nSPS) is 11.9. The van der Waals surface area contributed by atoms with Gasteiger partial charge in [-0.2, -0.15) is 15.6 Å². The van der Waals surface area contributed by atoms with Gasteiger partial charge in [-0.05, 0) is 53.1 Å². The van der Waals surface area contributed by atoms with Gasteiger partial charge in [0.25, 0.3) is 0 Å². The van der Waals surface area contributed by atoms with Crippen LogP contribution in [0.25, 0.3) is 0 Å². The van der Waals surface area contributed by atoms with Gasteiger partial charge >= 0.3 is 0 Å². The molecule has 1 aromatic heterocycles. The summed E-state index contributed by atoms with van der Waals surface area (Å²) in [5.41, 5.74) is 7.53. The molecule has 0 bridgehead atoms. The van der Waals surface area contributed by atoms with Crippen LogP contribution in [-0.2, 0) is 23.0 Å². The van der Waals surface area contributed by atoms with Crippen LogP contribution >= 0.6 is 11.3 Å². The molecule has 0 radical (unpaired) electrons. The van der Waals surface area contributed by atoms with Crippen molar-refractivity contribution in [1.82, 2.24) is 4.31 Å². The van der Waals surface area contributed by atoms with Gasteiger partial charge in [0.15, 0.2) is 0 Å². The van der Waals surface area contributed by atoms with Crippen molar-refractivity contribution in [2.75, 3.05) is 13.6 Å². The summed E-state index contributed by atoms with van der Waals surface area (Å²) >= 11 is 1.56. The fourth-order valence-electron chi connectivity index (χ4n) is 1.90. The third-order valence-electron chi connectivity index (χ3n) is 3.05. The monoisotopic (exact) mass is 310 g/mol. The van der Waals surface area contributed by atoms with Crippen molar-refractivity contribution in [3.63, 3.8) is 0 Å². The van der Waals surface area contributed by atoms with Crippen LogP contribution in [0.4, 0.5) is 0 Å². The Bertz CT molecular complexity index is 634. The maximum absolute atomic E-state index is 12.4. The van der Waals surface area contributed by atoms with E-state index < -0.39 is 10.0 Å². The number of nitrogens with two attached hydrogens (primary N) is 1. The molecule has 0 unspecified atom stereocenters. The van der Waals surface area contributed by atoms with Crippen LogP contribution < -0.4 is 5.73 Å². The Hall–Kier alpha value is -1.21. The first-order chi connectivity index (χ1) is 9.54.